The first-order valence-electron chi connectivity index (χ1n) is 7.85. The molecule has 130 valence electrons. The fourth-order valence-corrected chi connectivity index (χ4v) is 2.60. The van der Waals surface area contributed by atoms with Gasteiger partial charge in [0.05, 0.1) is 25.0 Å². The minimum atomic E-state index is 0.539. The van der Waals surface area contributed by atoms with Crippen LogP contribution in [0.2, 0.25) is 0 Å². The second kappa shape index (κ2) is 9.71. The second-order valence-corrected chi connectivity index (χ2v) is 6.01. The lowest BCUT2D eigenvalue weighted by Gasteiger charge is -2.11. The van der Waals surface area contributed by atoms with Crippen LogP contribution in [-0.4, -0.2) is 49.7 Å². The van der Waals surface area contributed by atoms with Gasteiger partial charge in [-0.15, -0.1) is 11.3 Å². The number of ether oxygens (including phenoxy) is 1. The van der Waals surface area contributed by atoms with E-state index >= 15 is 0 Å². The van der Waals surface area contributed by atoms with Gasteiger partial charge in [0.25, 0.3) is 0 Å². The van der Waals surface area contributed by atoms with Gasteiger partial charge >= 0.3 is 0 Å². The highest BCUT2D eigenvalue weighted by molar-refractivity contribution is 7.13. The molecule has 0 aliphatic heterocycles. The van der Waals surface area contributed by atoms with E-state index in [1.54, 1.807) is 23.7 Å². The van der Waals surface area contributed by atoms with Crippen molar-refractivity contribution in [1.29, 1.82) is 0 Å². The van der Waals surface area contributed by atoms with Gasteiger partial charge in [-0.1, -0.05) is 0 Å². The van der Waals surface area contributed by atoms with Crippen molar-refractivity contribution in [1.82, 2.24) is 20.6 Å². The molecular formula is C16H24N6OS. The second-order valence-electron chi connectivity index (χ2n) is 5.17. The smallest absolute Gasteiger partial charge is 0.191 e. The molecule has 0 aromatic carbocycles. The average molecular weight is 348 g/mol. The van der Waals surface area contributed by atoms with Crippen LogP contribution in [0.3, 0.4) is 0 Å². The molecule has 2 heterocycles. The van der Waals surface area contributed by atoms with Gasteiger partial charge in [0.2, 0.25) is 0 Å². The summed E-state index contributed by atoms with van der Waals surface area (Å²) < 4.78 is 5.60. The molecule has 0 fully saturated rings. The van der Waals surface area contributed by atoms with E-state index in [2.05, 4.69) is 25.6 Å². The van der Waals surface area contributed by atoms with Gasteiger partial charge in [-0.3, -0.25) is 4.98 Å². The normalized spacial score (nSPS) is 11.2. The zero-order valence-electron chi connectivity index (χ0n) is 14.3. The van der Waals surface area contributed by atoms with Crippen LogP contribution in [0.25, 0.3) is 0 Å². The molecule has 2 aromatic rings. The molecule has 0 amide bonds. The third-order valence-electron chi connectivity index (χ3n) is 2.96. The lowest BCUT2D eigenvalue weighted by atomic mass is 10.5. The fraction of sp³-hybridized carbons (Fsp3) is 0.438. The zero-order valence-corrected chi connectivity index (χ0v) is 15.1. The maximum absolute atomic E-state index is 5.60. The van der Waals surface area contributed by atoms with E-state index in [9.17, 15) is 0 Å². The first kappa shape index (κ1) is 18.0. The molecule has 0 bridgehead atoms. The Morgan fingerprint density at radius 3 is 2.92 bits per heavy atom. The van der Waals surface area contributed by atoms with Gasteiger partial charge in [0.1, 0.15) is 12.4 Å². The van der Waals surface area contributed by atoms with Crippen molar-refractivity contribution < 1.29 is 4.74 Å². The summed E-state index contributed by atoms with van der Waals surface area (Å²) in [6.45, 7) is 4.58. The van der Waals surface area contributed by atoms with E-state index in [0.29, 0.717) is 19.7 Å². The largest absolute Gasteiger partial charge is 0.490 e. The van der Waals surface area contributed by atoms with Crippen molar-refractivity contribution >= 4 is 22.4 Å². The van der Waals surface area contributed by atoms with Crippen molar-refractivity contribution in [2.45, 2.75) is 13.5 Å². The Labute approximate surface area is 146 Å². The molecule has 2 rings (SSSR count). The molecule has 7 nitrogen and oxygen atoms in total. The summed E-state index contributed by atoms with van der Waals surface area (Å²) in [7, 11) is 3.97. The first-order valence-corrected chi connectivity index (χ1v) is 8.73. The van der Waals surface area contributed by atoms with Crippen LogP contribution in [0, 0.1) is 0 Å². The Kier molecular flexibility index (Phi) is 7.28. The number of rotatable bonds is 8. The summed E-state index contributed by atoms with van der Waals surface area (Å²) in [4.78, 5) is 15.1. The third-order valence-corrected chi connectivity index (χ3v) is 4.02. The highest BCUT2D eigenvalue weighted by Crippen LogP contribution is 2.18. The van der Waals surface area contributed by atoms with Crippen molar-refractivity contribution in [3.8, 4) is 5.75 Å². The Bertz CT molecular complexity index is 629. The summed E-state index contributed by atoms with van der Waals surface area (Å²) in [5.74, 6) is 1.52. The summed E-state index contributed by atoms with van der Waals surface area (Å²) >= 11 is 1.62. The number of nitrogens with zero attached hydrogens (tertiary/aromatic N) is 4. The number of aromatic nitrogens is 2. The predicted octanol–water partition coefficient (Wildman–Crippen LogP) is 1.74. The van der Waals surface area contributed by atoms with E-state index in [0.717, 1.165) is 29.1 Å². The van der Waals surface area contributed by atoms with Crippen molar-refractivity contribution in [3.63, 3.8) is 0 Å². The van der Waals surface area contributed by atoms with E-state index < -0.39 is 0 Å². The number of anilines is 1. The molecule has 0 saturated carbocycles. The number of pyridine rings is 1. The van der Waals surface area contributed by atoms with Crippen LogP contribution in [0.15, 0.2) is 34.9 Å². The Morgan fingerprint density at radius 2 is 2.25 bits per heavy atom. The predicted molar refractivity (Wildman–Crippen MR) is 99.0 cm³/mol. The molecule has 8 heteroatoms. The summed E-state index contributed by atoms with van der Waals surface area (Å²) in [6, 6.07) is 3.74. The Hall–Kier alpha value is -2.35. The van der Waals surface area contributed by atoms with Gasteiger partial charge < -0.3 is 20.3 Å². The van der Waals surface area contributed by atoms with Crippen molar-refractivity contribution in [2.75, 3.05) is 38.7 Å². The zero-order chi connectivity index (χ0) is 17.2. The molecule has 0 aliphatic carbocycles. The number of guanidine groups is 1. The Balaban J connectivity index is 1.79. The van der Waals surface area contributed by atoms with E-state index in [1.165, 1.54) is 0 Å². The SMILES string of the molecule is CCNC(=NCc1csc(N(C)C)n1)NCCOc1cccnc1. The Morgan fingerprint density at radius 1 is 1.38 bits per heavy atom. The van der Waals surface area contributed by atoms with E-state index in [4.69, 9.17) is 4.74 Å². The summed E-state index contributed by atoms with van der Waals surface area (Å²) in [6.07, 6.45) is 3.42. The fourth-order valence-electron chi connectivity index (χ4n) is 1.85. The molecule has 0 saturated heterocycles. The van der Waals surface area contributed by atoms with Crippen LogP contribution >= 0.6 is 11.3 Å². The maximum atomic E-state index is 5.60. The number of hydrogen-bond acceptors (Lipinski definition) is 6. The molecule has 0 radical (unpaired) electrons. The molecule has 24 heavy (non-hydrogen) atoms. The molecule has 0 unspecified atom stereocenters. The molecule has 2 N–H and O–H groups in total. The first-order chi connectivity index (χ1) is 11.7. The molecule has 0 aliphatic rings. The number of hydrogen-bond donors (Lipinski definition) is 2. The van der Waals surface area contributed by atoms with Crippen LogP contribution in [-0.2, 0) is 6.54 Å². The van der Waals surface area contributed by atoms with Gasteiger partial charge in [-0.05, 0) is 19.1 Å². The van der Waals surface area contributed by atoms with Gasteiger partial charge in [-0.25, -0.2) is 9.98 Å². The van der Waals surface area contributed by atoms with Crippen molar-refractivity contribution in [2.24, 2.45) is 4.99 Å². The number of nitrogens with one attached hydrogen (secondary N) is 2. The summed E-state index contributed by atoms with van der Waals surface area (Å²) in [5.41, 5.74) is 0.965. The van der Waals surface area contributed by atoms with Crippen LogP contribution in [0.5, 0.6) is 5.75 Å². The minimum absolute atomic E-state index is 0.539. The monoisotopic (exact) mass is 348 g/mol. The highest BCUT2D eigenvalue weighted by atomic mass is 32.1. The highest BCUT2D eigenvalue weighted by Gasteiger charge is 2.04. The standard InChI is InChI=1S/C16H24N6OS/c1-4-18-15(19-8-9-23-14-6-5-7-17-11-14)20-10-13-12-24-16(21-13)22(2)3/h5-7,11-12H,4,8-10H2,1-3H3,(H2,18,19,20). The van der Waals surface area contributed by atoms with Gasteiger partial charge in [0, 0.05) is 32.2 Å². The lowest BCUT2D eigenvalue weighted by molar-refractivity contribution is 0.320. The van der Waals surface area contributed by atoms with Crippen molar-refractivity contribution in [3.05, 3.63) is 35.6 Å². The molecule has 0 spiro atoms. The van der Waals surface area contributed by atoms with Gasteiger partial charge in [0.15, 0.2) is 11.1 Å². The van der Waals surface area contributed by atoms with Crippen LogP contribution in [0.1, 0.15) is 12.6 Å². The quantitative estimate of drug-likeness (QED) is 0.430. The van der Waals surface area contributed by atoms with Gasteiger partial charge in [-0.2, -0.15) is 0 Å². The number of aliphatic imine (C=N–C) groups is 1. The maximum Gasteiger partial charge on any atom is 0.191 e. The lowest BCUT2D eigenvalue weighted by Crippen LogP contribution is -2.39. The average Bonchev–Trinajstić information content (AvgIpc) is 3.06. The third kappa shape index (κ3) is 6.04. The van der Waals surface area contributed by atoms with Crippen LogP contribution in [0.4, 0.5) is 5.13 Å². The van der Waals surface area contributed by atoms with E-state index in [1.807, 2.05) is 43.4 Å². The molecular weight excluding hydrogens is 324 g/mol. The minimum Gasteiger partial charge on any atom is -0.490 e. The van der Waals surface area contributed by atoms with E-state index in [-0.39, 0.29) is 0 Å². The topological polar surface area (TPSA) is 74.7 Å². The summed E-state index contributed by atoms with van der Waals surface area (Å²) in [5, 5.41) is 9.49. The number of thiazole rings is 1. The molecule has 0 atom stereocenters. The molecule has 2 aromatic heterocycles. The van der Waals surface area contributed by atoms with Crippen LogP contribution < -0.4 is 20.3 Å².